The zero-order valence-corrected chi connectivity index (χ0v) is 55.0. The maximum absolute atomic E-state index is 13.0. The van der Waals surface area contributed by atoms with Crippen LogP contribution >= 0.6 is 7.82 Å². The SMILES string of the molecule is CCCCCCCCCCCCC/C=C/CC/C=C/CC/C=C/C(O)C(COP(=O)(O)OCC[N+](C)(C)C)NC(=O)CCCCCCCCCCCCCCCCCCC/C=C\CCCCCCCCCCCCCCCCCC. The van der Waals surface area contributed by atoms with Crippen LogP contribution in [0.4, 0.5) is 0 Å². The fourth-order valence-electron chi connectivity index (χ4n) is 10.5. The highest BCUT2D eigenvalue weighted by atomic mass is 31.2. The van der Waals surface area contributed by atoms with Crippen molar-refractivity contribution in [3.63, 3.8) is 0 Å². The third-order valence-electron chi connectivity index (χ3n) is 16.0. The second-order valence-corrected chi connectivity index (χ2v) is 26.7. The van der Waals surface area contributed by atoms with E-state index in [1.807, 2.05) is 27.2 Å². The molecule has 0 bridgehead atoms. The lowest BCUT2D eigenvalue weighted by atomic mass is 10.0. The molecule has 0 saturated heterocycles. The lowest BCUT2D eigenvalue weighted by Crippen LogP contribution is -2.45. The van der Waals surface area contributed by atoms with E-state index in [0.29, 0.717) is 17.4 Å². The fourth-order valence-corrected chi connectivity index (χ4v) is 11.3. The van der Waals surface area contributed by atoms with Gasteiger partial charge in [-0.1, -0.05) is 319 Å². The monoisotopic (exact) mass is 1150 g/mol. The number of nitrogens with zero attached hydrogens (tertiary/aromatic N) is 1. The molecule has 0 spiro atoms. The number of hydrogen-bond acceptors (Lipinski definition) is 5. The highest BCUT2D eigenvalue weighted by Gasteiger charge is 2.28. The van der Waals surface area contributed by atoms with Crippen LogP contribution < -0.4 is 5.32 Å². The van der Waals surface area contributed by atoms with Crippen LogP contribution in [-0.2, 0) is 18.4 Å². The minimum atomic E-state index is -4.36. The third kappa shape index (κ3) is 64.0. The summed E-state index contributed by atoms with van der Waals surface area (Å²) in [4.78, 5) is 23.4. The number of amides is 1. The first-order valence-corrected chi connectivity index (χ1v) is 36.5. The minimum absolute atomic E-state index is 0.0541. The molecule has 8 nitrogen and oxygen atoms in total. The molecule has 0 aliphatic carbocycles. The van der Waals surface area contributed by atoms with Crippen LogP contribution in [0.2, 0.25) is 0 Å². The maximum atomic E-state index is 13.0. The van der Waals surface area contributed by atoms with Gasteiger partial charge in [0, 0.05) is 6.42 Å². The van der Waals surface area contributed by atoms with Crippen molar-refractivity contribution in [1.29, 1.82) is 0 Å². The number of quaternary nitrogens is 1. The lowest BCUT2D eigenvalue weighted by molar-refractivity contribution is -0.870. The van der Waals surface area contributed by atoms with E-state index in [4.69, 9.17) is 9.05 Å². The van der Waals surface area contributed by atoms with Crippen molar-refractivity contribution in [2.24, 2.45) is 0 Å². The third-order valence-corrected chi connectivity index (χ3v) is 17.0. The smallest absolute Gasteiger partial charge is 0.387 e. The van der Waals surface area contributed by atoms with Crippen LogP contribution in [0.15, 0.2) is 48.6 Å². The molecule has 0 saturated carbocycles. The van der Waals surface area contributed by atoms with Gasteiger partial charge in [-0.05, 0) is 70.6 Å². The Morgan fingerprint density at radius 3 is 1.00 bits per heavy atom. The molecule has 0 aliphatic heterocycles. The van der Waals surface area contributed by atoms with Crippen molar-refractivity contribution in [2.45, 2.75) is 360 Å². The Bertz CT molecular complexity index is 1440. The average molecular weight is 1150 g/mol. The van der Waals surface area contributed by atoms with Gasteiger partial charge in [0.05, 0.1) is 39.9 Å². The zero-order valence-electron chi connectivity index (χ0n) is 54.1. The zero-order chi connectivity index (χ0) is 58.4. The van der Waals surface area contributed by atoms with Gasteiger partial charge in [-0.3, -0.25) is 13.8 Å². The summed E-state index contributed by atoms with van der Waals surface area (Å²) in [7, 11) is 1.56. The molecule has 3 N–H and O–H groups in total. The molecule has 1 amide bonds. The van der Waals surface area contributed by atoms with Crippen LogP contribution in [0, 0.1) is 0 Å². The van der Waals surface area contributed by atoms with E-state index < -0.39 is 20.0 Å². The van der Waals surface area contributed by atoms with E-state index in [1.165, 1.54) is 283 Å². The summed E-state index contributed by atoms with van der Waals surface area (Å²) >= 11 is 0. The molecule has 0 radical (unpaired) electrons. The average Bonchev–Trinajstić information content (AvgIpc) is 3.42. The highest BCUT2D eigenvalue weighted by molar-refractivity contribution is 7.47. The Morgan fingerprint density at radius 2 is 0.688 bits per heavy atom. The highest BCUT2D eigenvalue weighted by Crippen LogP contribution is 2.43. The number of aliphatic hydroxyl groups is 1. The Hall–Kier alpha value is -1.54. The number of hydrogen-bond donors (Lipinski definition) is 3. The fraction of sp³-hybridized carbons (Fsp3) is 0.873. The first kappa shape index (κ1) is 78.5. The number of nitrogens with one attached hydrogen (secondary N) is 1. The number of carbonyl (C=O) groups excluding carboxylic acids is 1. The summed E-state index contributed by atoms with van der Waals surface area (Å²) < 4.78 is 23.8. The molecule has 0 aliphatic rings. The number of phosphoric ester groups is 1. The van der Waals surface area contributed by atoms with Crippen LogP contribution in [0.3, 0.4) is 0 Å². The topological polar surface area (TPSA) is 105 Å². The quantitative estimate of drug-likeness (QED) is 0.0243. The van der Waals surface area contributed by atoms with Crippen molar-refractivity contribution in [2.75, 3.05) is 40.9 Å². The number of aliphatic hydroxyl groups excluding tert-OH is 1. The van der Waals surface area contributed by atoms with Crippen LogP contribution in [0.5, 0.6) is 0 Å². The number of allylic oxidation sites excluding steroid dienone is 7. The van der Waals surface area contributed by atoms with Crippen LogP contribution in [0.25, 0.3) is 0 Å². The molecule has 3 atom stereocenters. The normalized spacial score (nSPS) is 13.9. The molecule has 9 heteroatoms. The van der Waals surface area contributed by atoms with Crippen molar-refractivity contribution in [3.8, 4) is 0 Å². The van der Waals surface area contributed by atoms with Gasteiger partial charge >= 0.3 is 7.82 Å². The van der Waals surface area contributed by atoms with Gasteiger partial charge in [0.25, 0.3) is 0 Å². The van der Waals surface area contributed by atoms with Crippen molar-refractivity contribution in [1.82, 2.24) is 5.32 Å². The maximum Gasteiger partial charge on any atom is 0.472 e. The van der Waals surface area contributed by atoms with Gasteiger partial charge in [0.15, 0.2) is 0 Å². The number of phosphoric acid groups is 1. The summed E-state index contributed by atoms with van der Waals surface area (Å²) in [6.07, 6.45) is 84.2. The van der Waals surface area contributed by atoms with E-state index in [2.05, 4.69) is 55.6 Å². The Balaban J connectivity index is 4.02. The number of carbonyl (C=O) groups is 1. The first-order valence-electron chi connectivity index (χ1n) is 35.0. The number of rotatable bonds is 65. The van der Waals surface area contributed by atoms with E-state index >= 15 is 0 Å². The van der Waals surface area contributed by atoms with E-state index in [9.17, 15) is 19.4 Å². The van der Waals surface area contributed by atoms with E-state index in [0.717, 1.165) is 44.9 Å². The Labute approximate surface area is 499 Å². The Kier molecular flexibility index (Phi) is 60.8. The summed E-state index contributed by atoms with van der Waals surface area (Å²) in [5.74, 6) is -0.186. The predicted molar refractivity (Wildman–Crippen MR) is 351 cm³/mol. The standard InChI is InChI=1S/C71H137N2O6P/c1-6-8-10-12-14-16-18-20-22-24-26-28-29-30-31-32-33-34-35-36-37-38-39-40-41-42-43-45-47-49-51-53-55-57-59-61-63-65-71(75)72-69(68-79-80(76,77)78-67-66-73(3,4)5)70(74)64-62-60-58-56-54-52-50-48-46-44-27-25-23-21-19-17-15-13-11-9-7-2/h34-35,46,48,54,56,62,64,69-70,74H,6-33,36-45,47,49-53,55,57-61,63,65-68H2,1-5H3,(H-,72,75,76,77)/p+1/b35-34-,48-46+,56-54+,64-62+. The molecule has 0 aromatic heterocycles. The van der Waals surface area contributed by atoms with Gasteiger partial charge in [0.1, 0.15) is 13.2 Å². The van der Waals surface area contributed by atoms with Gasteiger partial charge < -0.3 is 19.8 Å². The second kappa shape index (κ2) is 62.0. The van der Waals surface area contributed by atoms with Gasteiger partial charge in [-0.25, -0.2) is 4.57 Å². The molecule has 0 rings (SSSR count). The van der Waals surface area contributed by atoms with Crippen molar-refractivity contribution < 1.29 is 32.9 Å². The Morgan fingerprint density at radius 1 is 0.412 bits per heavy atom. The first-order chi connectivity index (χ1) is 39.0. The summed E-state index contributed by atoms with van der Waals surface area (Å²) in [6, 6.07) is -0.871. The predicted octanol–water partition coefficient (Wildman–Crippen LogP) is 22.2. The molecule has 472 valence electrons. The van der Waals surface area contributed by atoms with Gasteiger partial charge in [-0.2, -0.15) is 0 Å². The van der Waals surface area contributed by atoms with Crippen molar-refractivity contribution in [3.05, 3.63) is 48.6 Å². The second-order valence-electron chi connectivity index (χ2n) is 25.2. The van der Waals surface area contributed by atoms with Crippen molar-refractivity contribution >= 4 is 13.7 Å². The summed E-state index contributed by atoms with van der Waals surface area (Å²) in [5.41, 5.74) is 0. The summed E-state index contributed by atoms with van der Waals surface area (Å²) in [6.45, 7) is 4.83. The molecule has 80 heavy (non-hydrogen) atoms. The van der Waals surface area contributed by atoms with Gasteiger partial charge in [0.2, 0.25) is 5.91 Å². The van der Waals surface area contributed by atoms with Crippen LogP contribution in [-0.4, -0.2) is 73.4 Å². The minimum Gasteiger partial charge on any atom is -0.387 e. The largest absolute Gasteiger partial charge is 0.472 e. The van der Waals surface area contributed by atoms with Crippen LogP contribution in [0.1, 0.15) is 348 Å². The molecule has 0 aromatic rings. The molecule has 0 aromatic carbocycles. The molecule has 0 heterocycles. The molecule has 3 unspecified atom stereocenters. The van der Waals surface area contributed by atoms with E-state index in [-0.39, 0.29) is 19.1 Å². The number of unbranched alkanes of at least 4 members (excludes halogenated alkanes) is 46. The molecule has 0 fully saturated rings. The lowest BCUT2D eigenvalue weighted by Gasteiger charge is -2.25. The molecular formula is C71H138N2O6P+. The molecular weight excluding hydrogens is 1010 g/mol. The van der Waals surface area contributed by atoms with E-state index in [1.54, 1.807) is 6.08 Å². The van der Waals surface area contributed by atoms with Gasteiger partial charge in [-0.15, -0.1) is 0 Å². The number of likely N-dealkylation sites (N-methyl/N-ethyl adjacent to an activating group) is 1. The summed E-state index contributed by atoms with van der Waals surface area (Å²) in [5, 5.41) is 14.0.